The molecule has 0 saturated heterocycles. The van der Waals surface area contributed by atoms with Gasteiger partial charge in [-0.15, -0.1) is 0 Å². The number of hydrogen-bond acceptors (Lipinski definition) is 1. The van der Waals surface area contributed by atoms with Crippen molar-refractivity contribution in [3.05, 3.63) is 69.2 Å². The highest BCUT2D eigenvalue weighted by Crippen LogP contribution is 2.48. The highest BCUT2D eigenvalue weighted by atomic mass is 79.9. The molecule has 1 aliphatic carbocycles. The molecule has 0 radical (unpaired) electrons. The predicted octanol–water partition coefficient (Wildman–Crippen LogP) is 5.01. The summed E-state index contributed by atoms with van der Waals surface area (Å²) >= 11 is 9.36. The largest absolute Gasteiger partial charge is 0.349 e. The topological polar surface area (TPSA) is 29.1 Å². The summed E-state index contributed by atoms with van der Waals surface area (Å²) in [7, 11) is 0. The van der Waals surface area contributed by atoms with Crippen LogP contribution in [-0.4, -0.2) is 5.91 Å². The van der Waals surface area contributed by atoms with Gasteiger partial charge in [0.1, 0.15) is 0 Å². The molecule has 0 aromatic heterocycles. The lowest BCUT2D eigenvalue weighted by atomic mass is 9.94. The van der Waals surface area contributed by atoms with Gasteiger partial charge < -0.3 is 5.32 Å². The van der Waals surface area contributed by atoms with Gasteiger partial charge in [-0.05, 0) is 55.2 Å². The third-order valence-electron chi connectivity index (χ3n) is 4.30. The van der Waals surface area contributed by atoms with E-state index in [1.54, 1.807) is 0 Å². The normalized spacial score (nSPS) is 16.9. The van der Waals surface area contributed by atoms with E-state index in [2.05, 4.69) is 21.2 Å². The van der Waals surface area contributed by atoms with Gasteiger partial charge in [0, 0.05) is 9.50 Å². The van der Waals surface area contributed by atoms with Crippen LogP contribution in [-0.2, 0) is 10.2 Å². The van der Waals surface area contributed by atoms with Gasteiger partial charge in [-0.1, -0.05) is 51.8 Å². The number of carbonyl (C=O) groups is 1. The number of carbonyl (C=O) groups excluding carboxylic acids is 1. The van der Waals surface area contributed by atoms with Gasteiger partial charge in [-0.2, -0.15) is 0 Å². The molecule has 1 fully saturated rings. The third kappa shape index (κ3) is 3.06. The summed E-state index contributed by atoms with van der Waals surface area (Å²) in [6.45, 7) is 2.01. The molecule has 114 valence electrons. The summed E-state index contributed by atoms with van der Waals surface area (Å²) in [5.74, 6) is 0.102. The van der Waals surface area contributed by atoms with E-state index in [4.69, 9.17) is 11.6 Å². The second-order valence-corrected chi connectivity index (χ2v) is 7.19. The molecule has 2 nitrogen and oxygen atoms in total. The molecular formula is C18H17BrClNO. The molecule has 4 heteroatoms. The summed E-state index contributed by atoms with van der Waals surface area (Å²) in [6.07, 6.45) is 1.79. The number of nitrogens with one attached hydrogen (secondary N) is 1. The molecule has 2 aromatic rings. The zero-order valence-electron chi connectivity index (χ0n) is 12.3. The van der Waals surface area contributed by atoms with E-state index in [-0.39, 0.29) is 17.4 Å². The molecule has 1 amide bonds. The van der Waals surface area contributed by atoms with E-state index in [9.17, 15) is 4.79 Å². The number of benzene rings is 2. The number of halogens is 2. The van der Waals surface area contributed by atoms with Crippen LogP contribution in [0.15, 0.2) is 53.0 Å². The zero-order valence-corrected chi connectivity index (χ0v) is 14.6. The molecular weight excluding hydrogens is 362 g/mol. The minimum atomic E-state index is -0.367. The van der Waals surface area contributed by atoms with Gasteiger partial charge in [0.2, 0.25) is 5.91 Å². The Labute approximate surface area is 144 Å². The maximum absolute atomic E-state index is 12.7. The molecule has 0 bridgehead atoms. The summed E-state index contributed by atoms with van der Waals surface area (Å²) in [6, 6.07) is 15.6. The molecule has 0 spiro atoms. The van der Waals surface area contributed by atoms with Crippen molar-refractivity contribution in [1.82, 2.24) is 5.32 Å². The van der Waals surface area contributed by atoms with Crippen molar-refractivity contribution in [2.24, 2.45) is 0 Å². The van der Waals surface area contributed by atoms with Crippen molar-refractivity contribution in [2.45, 2.75) is 31.2 Å². The van der Waals surface area contributed by atoms with Crippen LogP contribution in [0, 0.1) is 0 Å². The Morgan fingerprint density at radius 2 is 1.73 bits per heavy atom. The minimum Gasteiger partial charge on any atom is -0.349 e. The van der Waals surface area contributed by atoms with E-state index in [0.717, 1.165) is 28.4 Å². The molecule has 1 saturated carbocycles. The van der Waals surface area contributed by atoms with Crippen molar-refractivity contribution < 1.29 is 4.79 Å². The van der Waals surface area contributed by atoms with Crippen LogP contribution in [0.5, 0.6) is 0 Å². The lowest BCUT2D eigenvalue weighted by molar-refractivity contribution is -0.124. The Hall–Kier alpha value is -1.32. The summed E-state index contributed by atoms with van der Waals surface area (Å²) in [5.41, 5.74) is 1.79. The fourth-order valence-corrected chi connectivity index (χ4v) is 3.10. The van der Waals surface area contributed by atoms with Crippen LogP contribution in [0.2, 0.25) is 5.02 Å². The lowest BCUT2D eigenvalue weighted by Gasteiger charge is -2.20. The van der Waals surface area contributed by atoms with Crippen molar-refractivity contribution in [3.63, 3.8) is 0 Å². The van der Waals surface area contributed by atoms with Crippen LogP contribution in [0.4, 0.5) is 0 Å². The fraction of sp³-hybridized carbons (Fsp3) is 0.278. The second kappa shape index (κ2) is 6.05. The monoisotopic (exact) mass is 377 g/mol. The quantitative estimate of drug-likeness (QED) is 0.796. The van der Waals surface area contributed by atoms with Gasteiger partial charge in [-0.3, -0.25) is 4.79 Å². The zero-order chi connectivity index (χ0) is 15.7. The van der Waals surface area contributed by atoms with E-state index in [1.165, 1.54) is 0 Å². The molecule has 2 aromatic carbocycles. The van der Waals surface area contributed by atoms with E-state index < -0.39 is 0 Å². The van der Waals surface area contributed by atoms with E-state index in [1.807, 2.05) is 55.5 Å². The third-order valence-corrected chi connectivity index (χ3v) is 5.08. The minimum absolute atomic E-state index is 0.00891. The SMILES string of the molecule is CC(NC(=O)C1(c2ccc(Cl)cc2)CC1)c1ccc(Br)cc1. The molecule has 1 aliphatic rings. The Morgan fingerprint density at radius 1 is 1.14 bits per heavy atom. The smallest absolute Gasteiger partial charge is 0.231 e. The van der Waals surface area contributed by atoms with Gasteiger partial charge in [-0.25, -0.2) is 0 Å². The first kappa shape index (κ1) is 15.6. The van der Waals surface area contributed by atoms with Crippen LogP contribution >= 0.6 is 27.5 Å². The van der Waals surface area contributed by atoms with Crippen LogP contribution < -0.4 is 5.32 Å². The van der Waals surface area contributed by atoms with Crippen LogP contribution in [0.3, 0.4) is 0 Å². The van der Waals surface area contributed by atoms with Gasteiger partial charge >= 0.3 is 0 Å². The maximum atomic E-state index is 12.7. The highest BCUT2D eigenvalue weighted by Gasteiger charge is 2.51. The van der Waals surface area contributed by atoms with Gasteiger partial charge in [0.15, 0.2) is 0 Å². The Balaban J connectivity index is 1.74. The van der Waals surface area contributed by atoms with Crippen molar-refractivity contribution >= 4 is 33.4 Å². The predicted molar refractivity (Wildman–Crippen MR) is 93.1 cm³/mol. The average Bonchev–Trinajstić information content (AvgIpc) is 3.30. The molecule has 3 rings (SSSR count). The Bertz CT molecular complexity index is 677. The lowest BCUT2D eigenvalue weighted by Crippen LogP contribution is -2.36. The van der Waals surface area contributed by atoms with Gasteiger partial charge in [0.05, 0.1) is 11.5 Å². The van der Waals surface area contributed by atoms with E-state index in [0.29, 0.717) is 5.02 Å². The van der Waals surface area contributed by atoms with Crippen molar-refractivity contribution in [2.75, 3.05) is 0 Å². The number of amides is 1. The molecule has 0 heterocycles. The van der Waals surface area contributed by atoms with Crippen LogP contribution in [0.1, 0.15) is 36.9 Å². The Kier molecular flexibility index (Phi) is 4.28. The summed E-state index contributed by atoms with van der Waals surface area (Å²) in [4.78, 5) is 12.7. The standard InChI is InChI=1S/C18H17BrClNO/c1-12(13-2-6-15(19)7-3-13)21-17(22)18(10-11-18)14-4-8-16(20)9-5-14/h2-9,12H,10-11H2,1H3,(H,21,22). The molecule has 1 N–H and O–H groups in total. The van der Waals surface area contributed by atoms with Crippen molar-refractivity contribution in [3.8, 4) is 0 Å². The van der Waals surface area contributed by atoms with Crippen LogP contribution in [0.25, 0.3) is 0 Å². The van der Waals surface area contributed by atoms with Crippen molar-refractivity contribution in [1.29, 1.82) is 0 Å². The average molecular weight is 379 g/mol. The summed E-state index contributed by atoms with van der Waals surface area (Å²) in [5, 5.41) is 3.84. The highest BCUT2D eigenvalue weighted by molar-refractivity contribution is 9.10. The molecule has 22 heavy (non-hydrogen) atoms. The number of rotatable bonds is 4. The molecule has 1 unspecified atom stereocenters. The first-order valence-electron chi connectivity index (χ1n) is 7.34. The van der Waals surface area contributed by atoms with Gasteiger partial charge in [0.25, 0.3) is 0 Å². The second-order valence-electron chi connectivity index (χ2n) is 5.84. The number of hydrogen-bond donors (Lipinski definition) is 1. The summed E-state index contributed by atoms with van der Waals surface area (Å²) < 4.78 is 1.04. The van der Waals surface area contributed by atoms with E-state index >= 15 is 0 Å². The first-order chi connectivity index (χ1) is 10.5. The maximum Gasteiger partial charge on any atom is 0.231 e. The Morgan fingerprint density at radius 3 is 2.27 bits per heavy atom. The fourth-order valence-electron chi connectivity index (χ4n) is 2.71. The molecule has 0 aliphatic heterocycles. The first-order valence-corrected chi connectivity index (χ1v) is 8.51. The molecule has 1 atom stereocenters.